The van der Waals surface area contributed by atoms with Gasteiger partial charge in [-0.05, 0) is 56.4 Å². The Morgan fingerprint density at radius 3 is 2.76 bits per heavy atom. The number of methoxy groups -OCH3 is 1. The van der Waals surface area contributed by atoms with E-state index in [9.17, 15) is 14.4 Å². The molecule has 4 rings (SSSR count). The van der Waals surface area contributed by atoms with Crippen LogP contribution in [0.2, 0.25) is 0 Å². The molecule has 1 aromatic carbocycles. The lowest BCUT2D eigenvalue weighted by Gasteiger charge is -2.07. The number of benzene rings is 1. The molecule has 2 aromatic heterocycles. The van der Waals surface area contributed by atoms with E-state index >= 15 is 0 Å². The summed E-state index contributed by atoms with van der Waals surface area (Å²) in [6, 6.07) is 5.68. The van der Waals surface area contributed by atoms with Gasteiger partial charge in [0, 0.05) is 4.88 Å². The third-order valence-corrected chi connectivity index (χ3v) is 9.12. The van der Waals surface area contributed by atoms with Crippen LogP contribution in [0.25, 0.3) is 10.2 Å². The van der Waals surface area contributed by atoms with Gasteiger partial charge in [0.2, 0.25) is 5.91 Å². The number of fused-ring (bicyclic) bond motifs is 2. The first-order valence-corrected chi connectivity index (χ1v) is 15.1. The van der Waals surface area contributed by atoms with Gasteiger partial charge in [0.05, 0.1) is 47.5 Å². The minimum absolute atomic E-state index is 0.0344. The maximum atomic E-state index is 12.7. The van der Waals surface area contributed by atoms with Crippen LogP contribution in [0.3, 0.4) is 0 Å². The molecule has 3 aromatic rings. The zero-order valence-electron chi connectivity index (χ0n) is 21.3. The SMILES string of the molecule is C#CCn1c(=NC(=O)CSCC(=O)Nc2sc3c(c2C(=O)OC)CCCCC3)sc2cc(OCC)ccc21. The number of carbonyl (C=O) groups is 3. The number of aromatic nitrogens is 1. The number of terminal acetylenes is 1. The Morgan fingerprint density at radius 1 is 1.18 bits per heavy atom. The lowest BCUT2D eigenvalue weighted by molar-refractivity contribution is -0.115. The molecule has 11 heteroatoms. The molecule has 0 saturated heterocycles. The quantitative estimate of drug-likeness (QED) is 0.228. The highest BCUT2D eigenvalue weighted by Gasteiger charge is 2.26. The highest BCUT2D eigenvalue weighted by atomic mass is 32.2. The molecule has 0 spiro atoms. The molecule has 1 N–H and O–H groups in total. The molecule has 0 aliphatic heterocycles. The van der Waals surface area contributed by atoms with Crippen LogP contribution < -0.4 is 14.9 Å². The minimum Gasteiger partial charge on any atom is -0.494 e. The number of thiazole rings is 1. The van der Waals surface area contributed by atoms with E-state index in [0.29, 0.717) is 22.0 Å². The number of nitrogens with zero attached hydrogens (tertiary/aromatic N) is 2. The molecular weight excluding hydrogens is 543 g/mol. The number of hydrogen-bond acceptors (Lipinski definition) is 8. The molecule has 200 valence electrons. The summed E-state index contributed by atoms with van der Waals surface area (Å²) < 4.78 is 13.3. The van der Waals surface area contributed by atoms with Crippen molar-refractivity contribution in [3.8, 4) is 18.1 Å². The van der Waals surface area contributed by atoms with Gasteiger partial charge in [-0.2, -0.15) is 4.99 Å². The molecule has 8 nitrogen and oxygen atoms in total. The first-order valence-electron chi connectivity index (χ1n) is 12.3. The molecular formula is C27H29N3O5S3. The van der Waals surface area contributed by atoms with Crippen molar-refractivity contribution in [1.82, 2.24) is 4.57 Å². The predicted molar refractivity (Wildman–Crippen MR) is 153 cm³/mol. The van der Waals surface area contributed by atoms with E-state index in [-0.39, 0.29) is 29.9 Å². The fourth-order valence-electron chi connectivity index (χ4n) is 4.32. The lowest BCUT2D eigenvalue weighted by atomic mass is 10.1. The average molecular weight is 572 g/mol. The van der Waals surface area contributed by atoms with E-state index in [4.69, 9.17) is 15.9 Å². The Bertz CT molecular complexity index is 1460. The van der Waals surface area contributed by atoms with Gasteiger partial charge in [-0.25, -0.2) is 4.79 Å². The van der Waals surface area contributed by atoms with Crippen LogP contribution in [-0.2, 0) is 33.7 Å². The van der Waals surface area contributed by atoms with Gasteiger partial charge in [0.1, 0.15) is 10.8 Å². The van der Waals surface area contributed by atoms with E-state index in [1.807, 2.05) is 29.7 Å². The van der Waals surface area contributed by atoms with Crippen LogP contribution in [0.4, 0.5) is 5.00 Å². The molecule has 0 saturated carbocycles. The summed E-state index contributed by atoms with van der Waals surface area (Å²) in [5, 5.41) is 3.39. The first-order chi connectivity index (χ1) is 18.4. The molecule has 0 unspecified atom stereocenters. The van der Waals surface area contributed by atoms with E-state index in [1.54, 1.807) is 0 Å². The van der Waals surface area contributed by atoms with Crippen LogP contribution in [0, 0.1) is 12.3 Å². The summed E-state index contributed by atoms with van der Waals surface area (Å²) in [5.74, 6) is 2.37. The fourth-order valence-corrected chi connectivity index (χ4v) is 7.29. The third-order valence-electron chi connectivity index (χ3n) is 5.96. The van der Waals surface area contributed by atoms with Crippen molar-refractivity contribution in [2.24, 2.45) is 4.99 Å². The van der Waals surface area contributed by atoms with E-state index < -0.39 is 5.97 Å². The molecule has 2 amide bonds. The van der Waals surface area contributed by atoms with Gasteiger partial charge >= 0.3 is 5.97 Å². The second-order valence-corrected chi connectivity index (χ2v) is 11.6. The Morgan fingerprint density at radius 2 is 2.00 bits per heavy atom. The third kappa shape index (κ3) is 6.49. The second kappa shape index (κ2) is 13.1. The molecule has 0 radical (unpaired) electrons. The summed E-state index contributed by atoms with van der Waals surface area (Å²) in [7, 11) is 1.35. The molecule has 38 heavy (non-hydrogen) atoms. The predicted octanol–water partition coefficient (Wildman–Crippen LogP) is 4.65. The zero-order valence-corrected chi connectivity index (χ0v) is 23.8. The normalized spacial score (nSPS) is 13.4. The van der Waals surface area contributed by atoms with Crippen molar-refractivity contribution in [3.63, 3.8) is 0 Å². The Hall–Kier alpha value is -3.07. The summed E-state index contributed by atoms with van der Waals surface area (Å²) in [6.07, 6.45) is 10.5. The number of carbonyl (C=O) groups excluding carboxylic acids is 3. The summed E-state index contributed by atoms with van der Waals surface area (Å²) >= 11 is 3.98. The van der Waals surface area contributed by atoms with Crippen LogP contribution in [0.1, 0.15) is 47.0 Å². The smallest absolute Gasteiger partial charge is 0.341 e. The Kier molecular flexibility index (Phi) is 9.66. The van der Waals surface area contributed by atoms with E-state index in [0.717, 1.165) is 58.5 Å². The minimum atomic E-state index is -0.432. The summed E-state index contributed by atoms with van der Waals surface area (Å²) in [4.78, 5) is 43.7. The number of amides is 2. The van der Waals surface area contributed by atoms with Crippen molar-refractivity contribution in [1.29, 1.82) is 0 Å². The maximum absolute atomic E-state index is 12.7. The second-order valence-electron chi connectivity index (χ2n) is 8.54. The van der Waals surface area contributed by atoms with E-state index in [1.165, 1.54) is 41.5 Å². The number of thioether (sulfide) groups is 1. The molecule has 0 atom stereocenters. The molecule has 0 fully saturated rings. The number of thiophene rings is 1. The van der Waals surface area contributed by atoms with Crippen LogP contribution in [-0.4, -0.2) is 47.6 Å². The van der Waals surface area contributed by atoms with Crippen molar-refractivity contribution in [2.45, 2.75) is 45.6 Å². The van der Waals surface area contributed by atoms with Gasteiger partial charge in [0.25, 0.3) is 5.91 Å². The van der Waals surface area contributed by atoms with Crippen LogP contribution in [0.5, 0.6) is 5.75 Å². The topological polar surface area (TPSA) is 99.0 Å². The number of aryl methyl sites for hydroxylation is 1. The summed E-state index contributed by atoms with van der Waals surface area (Å²) in [6.45, 7) is 2.76. The molecule has 2 heterocycles. The first kappa shape index (κ1) is 28.0. The van der Waals surface area contributed by atoms with Crippen LogP contribution in [0.15, 0.2) is 23.2 Å². The maximum Gasteiger partial charge on any atom is 0.341 e. The highest BCUT2D eigenvalue weighted by Crippen LogP contribution is 2.38. The number of esters is 1. The number of hydrogen-bond donors (Lipinski definition) is 1. The molecule has 0 bridgehead atoms. The number of rotatable bonds is 9. The Balaban J connectivity index is 1.42. The van der Waals surface area contributed by atoms with Gasteiger partial charge < -0.3 is 19.4 Å². The monoisotopic (exact) mass is 571 g/mol. The van der Waals surface area contributed by atoms with Crippen molar-refractivity contribution >= 4 is 67.4 Å². The average Bonchev–Trinajstić information content (AvgIpc) is 3.30. The van der Waals surface area contributed by atoms with Gasteiger partial charge in [-0.3, -0.25) is 9.59 Å². The fraction of sp³-hybridized carbons (Fsp3) is 0.407. The van der Waals surface area contributed by atoms with Crippen molar-refractivity contribution < 1.29 is 23.9 Å². The van der Waals surface area contributed by atoms with Crippen LogP contribution >= 0.6 is 34.4 Å². The van der Waals surface area contributed by atoms with Gasteiger partial charge in [0.15, 0.2) is 4.80 Å². The number of anilines is 1. The lowest BCUT2D eigenvalue weighted by Crippen LogP contribution is -2.19. The van der Waals surface area contributed by atoms with Crippen molar-refractivity contribution in [3.05, 3.63) is 39.0 Å². The largest absolute Gasteiger partial charge is 0.494 e. The Labute approximate surface area is 233 Å². The van der Waals surface area contributed by atoms with Gasteiger partial charge in [-0.1, -0.05) is 23.7 Å². The van der Waals surface area contributed by atoms with Crippen molar-refractivity contribution in [2.75, 3.05) is 30.5 Å². The van der Waals surface area contributed by atoms with Gasteiger partial charge in [-0.15, -0.1) is 29.5 Å². The number of ether oxygens (including phenoxy) is 2. The number of nitrogens with one attached hydrogen (secondary N) is 1. The molecule has 1 aliphatic rings. The molecule has 1 aliphatic carbocycles. The standard InChI is InChI=1S/C27H29N3O5S3/c1-4-13-30-19-12-11-17(35-5-2)14-21(19)38-27(30)29-23(32)16-36-15-22(31)28-25-24(26(33)34-3)18-9-7-6-8-10-20(18)37-25/h1,11-12,14H,5-10,13,15-16H2,2-3H3,(H,28,31). The highest BCUT2D eigenvalue weighted by molar-refractivity contribution is 8.00. The van der Waals surface area contributed by atoms with E-state index in [2.05, 4.69) is 16.2 Å². The summed E-state index contributed by atoms with van der Waals surface area (Å²) in [5.41, 5.74) is 2.34. The zero-order chi connectivity index (χ0) is 27.1.